The number of benzene rings is 1. The van der Waals surface area contributed by atoms with Gasteiger partial charge in [0.05, 0.1) is 6.54 Å². The molecule has 1 aliphatic rings. The number of amidine groups is 1. The van der Waals surface area contributed by atoms with Gasteiger partial charge in [-0.25, -0.2) is 0 Å². The summed E-state index contributed by atoms with van der Waals surface area (Å²) in [6.45, 7) is 1.84. The molecule has 15 heavy (non-hydrogen) atoms. The number of alkyl halides is 1. The summed E-state index contributed by atoms with van der Waals surface area (Å²) in [6, 6.07) is 10.4. The molecule has 0 unspecified atom stereocenters. The van der Waals surface area contributed by atoms with Crippen molar-refractivity contribution >= 4 is 39.5 Å². The van der Waals surface area contributed by atoms with Crippen molar-refractivity contribution in [1.82, 2.24) is 5.32 Å². The normalized spacial score (nSPS) is 20.1. The van der Waals surface area contributed by atoms with Gasteiger partial charge in [-0.3, -0.25) is 4.99 Å². The molecule has 2 rings (SSSR count). The fraction of sp³-hybridized carbons (Fsp3) is 0.364. The number of aliphatic imine (C=N–C) groups is 1. The van der Waals surface area contributed by atoms with Crippen LogP contribution in [0.15, 0.2) is 35.3 Å². The standard InChI is InChI=1S/C11H13IN2S/c12-6-10-8-14-11(15-10)13-7-9-4-2-1-3-5-9/h1-5,10H,6-8H2,(H,13,14)/t10-/m1/s1. The quantitative estimate of drug-likeness (QED) is 0.680. The van der Waals surface area contributed by atoms with E-state index in [4.69, 9.17) is 0 Å². The largest absolute Gasteiger partial charge is 0.361 e. The van der Waals surface area contributed by atoms with Crippen LogP contribution in [0.2, 0.25) is 0 Å². The molecule has 0 aromatic heterocycles. The Morgan fingerprint density at radius 3 is 2.87 bits per heavy atom. The van der Waals surface area contributed by atoms with E-state index >= 15 is 0 Å². The fourth-order valence-corrected chi connectivity index (χ4v) is 3.02. The van der Waals surface area contributed by atoms with Crippen LogP contribution in [-0.2, 0) is 6.54 Å². The minimum absolute atomic E-state index is 0.670. The summed E-state index contributed by atoms with van der Waals surface area (Å²) < 4.78 is 1.17. The highest BCUT2D eigenvalue weighted by molar-refractivity contribution is 14.1. The molecule has 0 spiro atoms. The van der Waals surface area contributed by atoms with Crippen LogP contribution in [0.4, 0.5) is 0 Å². The minimum atomic E-state index is 0.670. The number of halogens is 1. The van der Waals surface area contributed by atoms with Crippen LogP contribution in [-0.4, -0.2) is 21.4 Å². The Labute approximate surface area is 108 Å². The first-order valence-corrected chi connectivity index (χ1v) is 7.34. The number of nitrogens with one attached hydrogen (secondary N) is 1. The molecule has 1 aromatic rings. The van der Waals surface area contributed by atoms with E-state index in [1.807, 2.05) is 17.8 Å². The van der Waals surface area contributed by atoms with Gasteiger partial charge >= 0.3 is 0 Å². The zero-order valence-corrected chi connectivity index (χ0v) is 11.3. The number of nitrogens with zero attached hydrogens (tertiary/aromatic N) is 1. The average molecular weight is 332 g/mol. The molecular weight excluding hydrogens is 319 g/mol. The van der Waals surface area contributed by atoms with Gasteiger partial charge in [0.1, 0.15) is 0 Å². The molecule has 0 amide bonds. The van der Waals surface area contributed by atoms with Crippen molar-refractivity contribution in [3.8, 4) is 0 Å². The topological polar surface area (TPSA) is 24.4 Å². The lowest BCUT2D eigenvalue weighted by molar-refractivity contribution is 0.916. The first-order valence-electron chi connectivity index (χ1n) is 4.93. The van der Waals surface area contributed by atoms with Gasteiger partial charge in [-0.15, -0.1) is 0 Å². The summed E-state index contributed by atoms with van der Waals surface area (Å²) >= 11 is 4.28. The van der Waals surface area contributed by atoms with E-state index in [0.717, 1.165) is 18.3 Å². The maximum atomic E-state index is 4.47. The molecule has 1 aromatic carbocycles. The van der Waals surface area contributed by atoms with Gasteiger partial charge in [-0.05, 0) is 5.56 Å². The average Bonchev–Trinajstić information content (AvgIpc) is 2.76. The summed E-state index contributed by atoms with van der Waals surface area (Å²) in [5, 5.41) is 5.14. The second-order valence-electron chi connectivity index (χ2n) is 3.38. The van der Waals surface area contributed by atoms with Crippen molar-refractivity contribution in [3.05, 3.63) is 35.9 Å². The van der Waals surface area contributed by atoms with Crippen LogP contribution in [0, 0.1) is 0 Å². The molecule has 1 heterocycles. The highest BCUT2D eigenvalue weighted by atomic mass is 127. The van der Waals surface area contributed by atoms with E-state index in [2.05, 4.69) is 57.2 Å². The molecule has 0 fully saturated rings. The highest BCUT2D eigenvalue weighted by Crippen LogP contribution is 2.21. The van der Waals surface area contributed by atoms with Crippen molar-refractivity contribution in [2.45, 2.75) is 11.8 Å². The summed E-state index contributed by atoms with van der Waals surface area (Å²) in [4.78, 5) is 4.47. The van der Waals surface area contributed by atoms with Crippen molar-refractivity contribution in [2.75, 3.05) is 11.0 Å². The van der Waals surface area contributed by atoms with E-state index < -0.39 is 0 Å². The lowest BCUT2D eigenvalue weighted by atomic mass is 10.2. The summed E-state index contributed by atoms with van der Waals surface area (Å²) in [5.74, 6) is 0. The van der Waals surface area contributed by atoms with Crippen molar-refractivity contribution < 1.29 is 0 Å². The van der Waals surface area contributed by atoms with Crippen molar-refractivity contribution in [3.63, 3.8) is 0 Å². The predicted octanol–water partition coefficient (Wildman–Crippen LogP) is 2.68. The van der Waals surface area contributed by atoms with E-state index in [1.165, 1.54) is 9.99 Å². The second kappa shape index (κ2) is 5.75. The number of rotatable bonds is 3. The summed E-state index contributed by atoms with van der Waals surface area (Å²) in [5.41, 5.74) is 1.30. The maximum Gasteiger partial charge on any atom is 0.157 e. The molecule has 1 N–H and O–H groups in total. The number of thioether (sulfide) groups is 1. The Balaban J connectivity index is 1.80. The van der Waals surface area contributed by atoms with Gasteiger partial charge in [0.15, 0.2) is 5.17 Å². The maximum absolute atomic E-state index is 4.47. The molecule has 80 valence electrons. The third kappa shape index (κ3) is 3.38. The van der Waals surface area contributed by atoms with Crippen LogP contribution in [0.1, 0.15) is 5.56 Å². The first kappa shape index (κ1) is 11.3. The van der Waals surface area contributed by atoms with E-state index in [9.17, 15) is 0 Å². The van der Waals surface area contributed by atoms with Gasteiger partial charge in [0.25, 0.3) is 0 Å². The van der Waals surface area contributed by atoms with Crippen LogP contribution < -0.4 is 5.32 Å². The Morgan fingerprint density at radius 2 is 2.20 bits per heavy atom. The van der Waals surface area contributed by atoms with E-state index in [1.54, 1.807) is 0 Å². The molecule has 4 heteroatoms. The number of hydrogen-bond acceptors (Lipinski definition) is 3. The molecule has 0 radical (unpaired) electrons. The Kier molecular flexibility index (Phi) is 4.31. The van der Waals surface area contributed by atoms with E-state index in [0.29, 0.717) is 5.25 Å². The molecule has 1 atom stereocenters. The molecule has 0 saturated carbocycles. The van der Waals surface area contributed by atoms with Crippen LogP contribution in [0.5, 0.6) is 0 Å². The highest BCUT2D eigenvalue weighted by Gasteiger charge is 2.17. The molecule has 0 aliphatic carbocycles. The van der Waals surface area contributed by atoms with Gasteiger partial charge in [-0.1, -0.05) is 64.7 Å². The van der Waals surface area contributed by atoms with Gasteiger partial charge in [0, 0.05) is 16.2 Å². The molecule has 1 aliphatic heterocycles. The van der Waals surface area contributed by atoms with Crippen LogP contribution in [0.25, 0.3) is 0 Å². The molecular formula is C11H13IN2S. The van der Waals surface area contributed by atoms with Crippen molar-refractivity contribution in [1.29, 1.82) is 0 Å². The third-order valence-electron chi connectivity index (χ3n) is 2.18. The predicted molar refractivity (Wildman–Crippen MR) is 75.8 cm³/mol. The van der Waals surface area contributed by atoms with E-state index in [-0.39, 0.29) is 0 Å². The van der Waals surface area contributed by atoms with Gasteiger partial charge in [-0.2, -0.15) is 0 Å². The Bertz CT molecular complexity index is 340. The lowest BCUT2D eigenvalue weighted by Gasteiger charge is -2.06. The first-order chi connectivity index (χ1) is 7.38. The number of hydrogen-bond donors (Lipinski definition) is 1. The van der Waals surface area contributed by atoms with Gasteiger partial charge in [0.2, 0.25) is 0 Å². The third-order valence-corrected chi connectivity index (χ3v) is 4.98. The van der Waals surface area contributed by atoms with Crippen LogP contribution in [0.3, 0.4) is 0 Å². The zero-order valence-electron chi connectivity index (χ0n) is 8.32. The lowest BCUT2D eigenvalue weighted by Crippen LogP contribution is -2.18. The molecule has 0 saturated heterocycles. The summed E-state index contributed by atoms with van der Waals surface area (Å²) in [7, 11) is 0. The summed E-state index contributed by atoms with van der Waals surface area (Å²) in [6.07, 6.45) is 0. The molecule has 2 nitrogen and oxygen atoms in total. The SMILES string of the molecule is IC[C@@H]1CN=C(NCc2ccccc2)S1. The second-order valence-corrected chi connectivity index (χ2v) is 5.55. The molecule has 0 bridgehead atoms. The fourth-order valence-electron chi connectivity index (χ4n) is 1.37. The Hall–Kier alpha value is -0.230. The zero-order chi connectivity index (χ0) is 10.5. The van der Waals surface area contributed by atoms with Crippen molar-refractivity contribution in [2.24, 2.45) is 4.99 Å². The minimum Gasteiger partial charge on any atom is -0.361 e. The van der Waals surface area contributed by atoms with Crippen LogP contribution >= 0.6 is 34.4 Å². The monoisotopic (exact) mass is 332 g/mol. The smallest absolute Gasteiger partial charge is 0.157 e. The van der Waals surface area contributed by atoms with Gasteiger partial charge < -0.3 is 5.32 Å². The Morgan fingerprint density at radius 1 is 1.40 bits per heavy atom.